The molecular weight excluding hydrogens is 204 g/mol. The molecular formula is C12H18N2O2. The molecule has 1 aromatic rings. The number of nitrogens with two attached hydrogens (primary N) is 1. The predicted octanol–water partition coefficient (Wildman–Crippen LogP) is 2.20. The molecule has 4 heteroatoms. The highest BCUT2D eigenvalue weighted by Gasteiger charge is 2.12. The second kappa shape index (κ2) is 4.88. The van der Waals surface area contributed by atoms with Gasteiger partial charge in [-0.3, -0.25) is 0 Å². The van der Waals surface area contributed by atoms with E-state index >= 15 is 0 Å². The van der Waals surface area contributed by atoms with Gasteiger partial charge in [0.2, 0.25) is 0 Å². The molecule has 0 aliphatic heterocycles. The summed E-state index contributed by atoms with van der Waals surface area (Å²) >= 11 is 0. The van der Waals surface area contributed by atoms with Crippen molar-refractivity contribution in [2.24, 2.45) is 0 Å². The van der Waals surface area contributed by atoms with Crippen LogP contribution < -0.4 is 10.6 Å². The molecule has 0 heterocycles. The standard InChI is InChI=1S/C12H18N2O2/c1-4-8(2)14(3)9-5-6-10(12(15)16)11(13)7-9/h5-8H,4,13H2,1-3H3,(H,15,16). The minimum absolute atomic E-state index is 0.154. The molecule has 0 aromatic heterocycles. The van der Waals surface area contributed by atoms with E-state index in [4.69, 9.17) is 10.8 Å². The molecule has 0 saturated carbocycles. The summed E-state index contributed by atoms with van der Waals surface area (Å²) in [5.74, 6) is -0.991. The van der Waals surface area contributed by atoms with Crippen molar-refractivity contribution in [3.63, 3.8) is 0 Å². The van der Waals surface area contributed by atoms with Crippen LogP contribution in [0.15, 0.2) is 18.2 Å². The molecule has 0 aliphatic rings. The number of hydrogen-bond donors (Lipinski definition) is 2. The van der Waals surface area contributed by atoms with Crippen LogP contribution in [0.3, 0.4) is 0 Å². The zero-order chi connectivity index (χ0) is 12.3. The number of rotatable bonds is 4. The Morgan fingerprint density at radius 1 is 1.56 bits per heavy atom. The summed E-state index contributed by atoms with van der Waals surface area (Å²) in [6, 6.07) is 5.43. The summed E-state index contributed by atoms with van der Waals surface area (Å²) in [5, 5.41) is 8.86. The maximum Gasteiger partial charge on any atom is 0.337 e. The second-order valence-electron chi connectivity index (χ2n) is 3.94. The monoisotopic (exact) mass is 222 g/mol. The lowest BCUT2D eigenvalue weighted by molar-refractivity contribution is 0.0698. The van der Waals surface area contributed by atoms with Gasteiger partial charge in [0, 0.05) is 24.5 Å². The molecule has 0 aliphatic carbocycles. The van der Waals surface area contributed by atoms with Gasteiger partial charge in [0.1, 0.15) is 0 Å². The highest BCUT2D eigenvalue weighted by molar-refractivity contribution is 5.94. The SMILES string of the molecule is CCC(C)N(C)c1ccc(C(=O)O)c(N)c1. The summed E-state index contributed by atoms with van der Waals surface area (Å²) in [7, 11) is 1.98. The van der Waals surface area contributed by atoms with Gasteiger partial charge in [0.25, 0.3) is 0 Å². The molecule has 0 radical (unpaired) electrons. The lowest BCUT2D eigenvalue weighted by Gasteiger charge is -2.26. The summed E-state index contributed by atoms with van der Waals surface area (Å²) < 4.78 is 0. The van der Waals surface area contributed by atoms with Crippen molar-refractivity contribution in [3.8, 4) is 0 Å². The molecule has 16 heavy (non-hydrogen) atoms. The molecule has 1 aromatic carbocycles. The first kappa shape index (κ1) is 12.4. The van der Waals surface area contributed by atoms with Gasteiger partial charge in [-0.1, -0.05) is 6.92 Å². The van der Waals surface area contributed by atoms with Gasteiger partial charge in [0.15, 0.2) is 0 Å². The van der Waals surface area contributed by atoms with Crippen molar-refractivity contribution < 1.29 is 9.90 Å². The quantitative estimate of drug-likeness (QED) is 0.766. The Morgan fingerprint density at radius 2 is 2.19 bits per heavy atom. The minimum Gasteiger partial charge on any atom is -0.478 e. The summed E-state index contributed by atoms with van der Waals surface area (Å²) in [6.07, 6.45) is 1.02. The zero-order valence-corrected chi connectivity index (χ0v) is 9.90. The van der Waals surface area contributed by atoms with E-state index in [9.17, 15) is 4.79 Å². The van der Waals surface area contributed by atoms with Gasteiger partial charge < -0.3 is 15.7 Å². The summed E-state index contributed by atoms with van der Waals surface area (Å²) in [5.41, 5.74) is 7.10. The Bertz CT molecular complexity index is 391. The van der Waals surface area contributed by atoms with E-state index in [-0.39, 0.29) is 5.56 Å². The second-order valence-corrected chi connectivity index (χ2v) is 3.94. The van der Waals surface area contributed by atoms with E-state index < -0.39 is 5.97 Å². The fraction of sp³-hybridized carbons (Fsp3) is 0.417. The molecule has 88 valence electrons. The van der Waals surface area contributed by atoms with E-state index in [1.54, 1.807) is 18.2 Å². The maximum atomic E-state index is 10.8. The molecule has 1 rings (SSSR count). The largest absolute Gasteiger partial charge is 0.478 e. The third-order valence-electron chi connectivity index (χ3n) is 2.92. The highest BCUT2D eigenvalue weighted by Crippen LogP contribution is 2.22. The number of nitrogen functional groups attached to an aromatic ring is 1. The highest BCUT2D eigenvalue weighted by atomic mass is 16.4. The molecule has 1 atom stereocenters. The third kappa shape index (κ3) is 2.45. The van der Waals surface area contributed by atoms with Crippen LogP contribution in [0.5, 0.6) is 0 Å². The first-order valence-electron chi connectivity index (χ1n) is 5.33. The molecule has 0 amide bonds. The average Bonchev–Trinajstić information content (AvgIpc) is 2.26. The fourth-order valence-electron chi connectivity index (χ4n) is 1.49. The van der Waals surface area contributed by atoms with Crippen LogP contribution in [-0.4, -0.2) is 24.2 Å². The first-order chi connectivity index (χ1) is 7.47. The smallest absolute Gasteiger partial charge is 0.337 e. The topological polar surface area (TPSA) is 66.6 Å². The van der Waals surface area contributed by atoms with Crippen molar-refractivity contribution >= 4 is 17.3 Å². The Morgan fingerprint density at radius 3 is 2.62 bits per heavy atom. The average molecular weight is 222 g/mol. The van der Waals surface area contributed by atoms with Crippen molar-refractivity contribution in [1.82, 2.24) is 0 Å². The summed E-state index contributed by atoms with van der Waals surface area (Å²) in [4.78, 5) is 12.9. The summed E-state index contributed by atoms with van der Waals surface area (Å²) in [6.45, 7) is 4.22. The van der Waals surface area contributed by atoms with E-state index in [2.05, 4.69) is 18.7 Å². The van der Waals surface area contributed by atoms with Crippen molar-refractivity contribution in [1.29, 1.82) is 0 Å². The van der Waals surface area contributed by atoms with Crippen molar-refractivity contribution in [3.05, 3.63) is 23.8 Å². The Kier molecular flexibility index (Phi) is 3.77. The van der Waals surface area contributed by atoms with Crippen LogP contribution in [0, 0.1) is 0 Å². The van der Waals surface area contributed by atoms with E-state index in [1.165, 1.54) is 0 Å². The van der Waals surface area contributed by atoms with Crippen LogP contribution in [0.25, 0.3) is 0 Å². The van der Waals surface area contributed by atoms with Crippen LogP contribution in [0.1, 0.15) is 30.6 Å². The number of carboxylic acids is 1. The number of nitrogens with zero attached hydrogens (tertiary/aromatic N) is 1. The van der Waals surface area contributed by atoms with Gasteiger partial charge in [-0.2, -0.15) is 0 Å². The first-order valence-corrected chi connectivity index (χ1v) is 5.33. The van der Waals surface area contributed by atoms with E-state index in [1.807, 2.05) is 7.05 Å². The molecule has 4 nitrogen and oxygen atoms in total. The Hall–Kier alpha value is -1.71. The lowest BCUT2D eigenvalue weighted by Crippen LogP contribution is -2.28. The van der Waals surface area contributed by atoms with Gasteiger partial charge in [-0.05, 0) is 31.5 Å². The number of anilines is 2. The van der Waals surface area contributed by atoms with Crippen LogP contribution in [-0.2, 0) is 0 Å². The number of aromatic carboxylic acids is 1. The molecule has 0 spiro atoms. The van der Waals surface area contributed by atoms with Crippen LogP contribution in [0.2, 0.25) is 0 Å². The number of hydrogen-bond acceptors (Lipinski definition) is 3. The third-order valence-corrected chi connectivity index (χ3v) is 2.92. The maximum absolute atomic E-state index is 10.8. The van der Waals surface area contributed by atoms with Crippen molar-refractivity contribution in [2.75, 3.05) is 17.7 Å². The number of benzene rings is 1. The molecule has 1 unspecified atom stereocenters. The van der Waals surface area contributed by atoms with Gasteiger partial charge in [-0.15, -0.1) is 0 Å². The molecule has 0 bridgehead atoms. The van der Waals surface area contributed by atoms with Gasteiger partial charge in [-0.25, -0.2) is 4.79 Å². The lowest BCUT2D eigenvalue weighted by atomic mass is 10.1. The molecule has 0 saturated heterocycles. The normalized spacial score (nSPS) is 12.2. The van der Waals surface area contributed by atoms with Gasteiger partial charge in [0.05, 0.1) is 5.56 Å². The van der Waals surface area contributed by atoms with Crippen LogP contribution in [0.4, 0.5) is 11.4 Å². The van der Waals surface area contributed by atoms with E-state index in [0.29, 0.717) is 11.7 Å². The van der Waals surface area contributed by atoms with Crippen LogP contribution >= 0.6 is 0 Å². The van der Waals surface area contributed by atoms with Crippen molar-refractivity contribution in [2.45, 2.75) is 26.3 Å². The zero-order valence-electron chi connectivity index (χ0n) is 9.90. The van der Waals surface area contributed by atoms with E-state index in [0.717, 1.165) is 12.1 Å². The Labute approximate surface area is 95.7 Å². The molecule has 3 N–H and O–H groups in total. The van der Waals surface area contributed by atoms with Gasteiger partial charge >= 0.3 is 5.97 Å². The Balaban J connectivity index is 3.01. The number of carbonyl (C=O) groups is 1. The minimum atomic E-state index is -0.991. The number of carboxylic acid groups (broad SMARTS) is 1. The molecule has 0 fully saturated rings. The predicted molar refractivity (Wildman–Crippen MR) is 66.0 cm³/mol. The fourth-order valence-corrected chi connectivity index (χ4v) is 1.49.